The van der Waals surface area contributed by atoms with Crippen LogP contribution < -0.4 is 16.0 Å². The van der Waals surface area contributed by atoms with E-state index in [1.54, 1.807) is 5.32 Å². The third-order valence-electron chi connectivity index (χ3n) is 3.10. The first-order chi connectivity index (χ1) is 9.44. The summed E-state index contributed by atoms with van der Waals surface area (Å²) in [5.74, 6) is 0. The molecule has 110 valence electrons. The second-order valence-corrected chi connectivity index (χ2v) is 4.72. The monoisotopic (exact) mass is 287 g/mol. The lowest BCUT2D eigenvalue weighted by Crippen LogP contribution is -2.45. The lowest BCUT2D eigenvalue weighted by Gasteiger charge is -2.27. The predicted octanol–water partition coefficient (Wildman–Crippen LogP) is 2.27. The highest BCUT2D eigenvalue weighted by Gasteiger charge is 2.27. The minimum Gasteiger partial charge on any atom is -0.380 e. The standard InChI is InChI=1S/C13H16F3N3O/c14-13(15,16)8-18-12(20)17-7-10-6-5-9-3-1-2-4-11(9)19-10/h1-4,10,19H,5-8H2,(H2,17,18,20). The summed E-state index contributed by atoms with van der Waals surface area (Å²) in [6.07, 6.45) is -2.67. The van der Waals surface area contributed by atoms with E-state index in [0.717, 1.165) is 18.5 Å². The number of fused-ring (bicyclic) bond motifs is 1. The Bertz CT molecular complexity index is 476. The van der Waals surface area contributed by atoms with Gasteiger partial charge in [0.2, 0.25) is 0 Å². The number of hydrogen-bond donors (Lipinski definition) is 3. The second-order valence-electron chi connectivity index (χ2n) is 4.72. The second kappa shape index (κ2) is 6.02. The van der Waals surface area contributed by atoms with Crippen LogP contribution in [0.15, 0.2) is 24.3 Å². The average Bonchev–Trinajstić information content (AvgIpc) is 2.42. The Morgan fingerprint density at radius 1 is 1.30 bits per heavy atom. The number of anilines is 1. The number of alkyl halides is 3. The molecule has 0 radical (unpaired) electrons. The Balaban J connectivity index is 1.75. The van der Waals surface area contributed by atoms with Gasteiger partial charge in [0.15, 0.2) is 0 Å². The molecular formula is C13H16F3N3O. The van der Waals surface area contributed by atoms with Crippen LogP contribution in [0.5, 0.6) is 0 Å². The molecule has 1 aromatic carbocycles. The largest absolute Gasteiger partial charge is 0.405 e. The lowest BCUT2D eigenvalue weighted by atomic mass is 9.98. The first kappa shape index (κ1) is 14.5. The van der Waals surface area contributed by atoms with Crippen molar-refractivity contribution >= 4 is 11.7 Å². The average molecular weight is 287 g/mol. The fourth-order valence-corrected chi connectivity index (χ4v) is 2.11. The summed E-state index contributed by atoms with van der Waals surface area (Å²) >= 11 is 0. The minimum atomic E-state index is -4.39. The minimum absolute atomic E-state index is 0.0292. The number of urea groups is 1. The van der Waals surface area contributed by atoms with Gasteiger partial charge in [0, 0.05) is 18.3 Å². The van der Waals surface area contributed by atoms with Crippen molar-refractivity contribution in [1.29, 1.82) is 0 Å². The van der Waals surface area contributed by atoms with Crippen LogP contribution in [0.1, 0.15) is 12.0 Å². The quantitative estimate of drug-likeness (QED) is 0.799. The zero-order valence-corrected chi connectivity index (χ0v) is 10.8. The molecule has 3 N–H and O–H groups in total. The van der Waals surface area contributed by atoms with Crippen molar-refractivity contribution in [2.45, 2.75) is 25.1 Å². The maximum absolute atomic E-state index is 11.9. The van der Waals surface area contributed by atoms with Crippen LogP contribution in [0.3, 0.4) is 0 Å². The van der Waals surface area contributed by atoms with Gasteiger partial charge in [0.25, 0.3) is 0 Å². The SMILES string of the molecule is O=C(NCC1CCc2ccccc2N1)NCC(F)(F)F. The molecule has 0 saturated carbocycles. The van der Waals surface area contributed by atoms with E-state index in [0.29, 0.717) is 0 Å². The third kappa shape index (κ3) is 4.32. The van der Waals surface area contributed by atoms with Gasteiger partial charge < -0.3 is 16.0 Å². The van der Waals surface area contributed by atoms with Crippen molar-refractivity contribution in [3.63, 3.8) is 0 Å². The predicted molar refractivity (Wildman–Crippen MR) is 69.6 cm³/mol. The van der Waals surface area contributed by atoms with Crippen LogP contribution in [-0.4, -0.2) is 31.3 Å². The van der Waals surface area contributed by atoms with E-state index < -0.39 is 18.8 Å². The molecule has 2 amide bonds. The molecule has 0 aliphatic carbocycles. The van der Waals surface area contributed by atoms with Gasteiger partial charge in [-0.05, 0) is 24.5 Å². The smallest absolute Gasteiger partial charge is 0.380 e. The van der Waals surface area contributed by atoms with Gasteiger partial charge in [0.1, 0.15) is 6.54 Å². The first-order valence-electron chi connectivity index (χ1n) is 6.37. The van der Waals surface area contributed by atoms with Crippen LogP contribution >= 0.6 is 0 Å². The molecule has 0 spiro atoms. The molecule has 20 heavy (non-hydrogen) atoms. The summed E-state index contributed by atoms with van der Waals surface area (Å²) in [4.78, 5) is 11.2. The maximum atomic E-state index is 11.9. The normalized spacial score (nSPS) is 17.9. The number of para-hydroxylation sites is 1. The lowest BCUT2D eigenvalue weighted by molar-refractivity contribution is -0.122. The van der Waals surface area contributed by atoms with E-state index in [-0.39, 0.29) is 12.6 Å². The number of halogens is 3. The maximum Gasteiger partial charge on any atom is 0.405 e. The van der Waals surface area contributed by atoms with Crippen molar-refractivity contribution in [2.75, 3.05) is 18.4 Å². The Hall–Kier alpha value is -1.92. The van der Waals surface area contributed by atoms with Crippen molar-refractivity contribution in [3.05, 3.63) is 29.8 Å². The molecule has 1 aliphatic rings. The summed E-state index contributed by atoms with van der Waals surface area (Å²) in [5, 5.41) is 7.48. The van der Waals surface area contributed by atoms with Crippen LogP contribution in [0.2, 0.25) is 0 Å². The molecule has 1 heterocycles. The van der Waals surface area contributed by atoms with E-state index in [2.05, 4.69) is 10.6 Å². The van der Waals surface area contributed by atoms with Crippen LogP contribution in [0.25, 0.3) is 0 Å². The highest BCUT2D eigenvalue weighted by molar-refractivity contribution is 5.74. The topological polar surface area (TPSA) is 53.2 Å². The molecule has 1 aliphatic heterocycles. The van der Waals surface area contributed by atoms with E-state index in [9.17, 15) is 18.0 Å². The van der Waals surface area contributed by atoms with Gasteiger partial charge >= 0.3 is 12.2 Å². The Morgan fingerprint density at radius 3 is 2.80 bits per heavy atom. The van der Waals surface area contributed by atoms with Crippen molar-refractivity contribution in [2.24, 2.45) is 0 Å². The Labute approximate surface area is 114 Å². The van der Waals surface area contributed by atoms with Gasteiger partial charge in [-0.25, -0.2) is 4.79 Å². The van der Waals surface area contributed by atoms with Gasteiger partial charge in [0.05, 0.1) is 0 Å². The Morgan fingerprint density at radius 2 is 2.05 bits per heavy atom. The van der Waals surface area contributed by atoms with Crippen molar-refractivity contribution in [3.8, 4) is 0 Å². The van der Waals surface area contributed by atoms with Gasteiger partial charge in [-0.2, -0.15) is 13.2 Å². The Kier molecular flexibility index (Phi) is 4.36. The number of nitrogens with one attached hydrogen (secondary N) is 3. The summed E-state index contributed by atoms with van der Waals surface area (Å²) in [7, 11) is 0. The summed E-state index contributed by atoms with van der Waals surface area (Å²) < 4.78 is 35.8. The number of amides is 2. The number of hydrogen-bond acceptors (Lipinski definition) is 2. The fourth-order valence-electron chi connectivity index (χ4n) is 2.11. The van der Waals surface area contributed by atoms with Gasteiger partial charge in [-0.1, -0.05) is 18.2 Å². The van der Waals surface area contributed by atoms with E-state index in [4.69, 9.17) is 0 Å². The van der Waals surface area contributed by atoms with Gasteiger partial charge in [-0.3, -0.25) is 0 Å². The molecule has 1 unspecified atom stereocenters. The molecule has 0 bridgehead atoms. The molecule has 4 nitrogen and oxygen atoms in total. The zero-order chi connectivity index (χ0) is 14.6. The van der Waals surface area contributed by atoms with Crippen LogP contribution in [0.4, 0.5) is 23.7 Å². The van der Waals surface area contributed by atoms with Crippen LogP contribution in [-0.2, 0) is 6.42 Å². The number of carbonyl (C=O) groups excluding carboxylic acids is 1. The number of benzene rings is 1. The molecule has 1 atom stereocenters. The van der Waals surface area contributed by atoms with E-state index in [1.165, 1.54) is 5.56 Å². The molecular weight excluding hydrogens is 271 g/mol. The van der Waals surface area contributed by atoms with Crippen molar-refractivity contribution < 1.29 is 18.0 Å². The molecule has 1 aromatic rings. The molecule has 0 aromatic heterocycles. The number of carbonyl (C=O) groups is 1. The van der Waals surface area contributed by atoms with Crippen LogP contribution in [0, 0.1) is 0 Å². The fraction of sp³-hybridized carbons (Fsp3) is 0.462. The highest BCUT2D eigenvalue weighted by atomic mass is 19.4. The molecule has 0 saturated heterocycles. The molecule has 2 rings (SSSR count). The first-order valence-corrected chi connectivity index (χ1v) is 6.37. The zero-order valence-electron chi connectivity index (χ0n) is 10.8. The van der Waals surface area contributed by atoms with Gasteiger partial charge in [-0.15, -0.1) is 0 Å². The number of aryl methyl sites for hydroxylation is 1. The summed E-state index contributed by atoms with van der Waals surface area (Å²) in [5.41, 5.74) is 2.23. The van der Waals surface area contributed by atoms with E-state index in [1.807, 2.05) is 24.3 Å². The summed E-state index contributed by atoms with van der Waals surface area (Å²) in [6.45, 7) is -1.03. The number of rotatable bonds is 3. The van der Waals surface area contributed by atoms with E-state index >= 15 is 0 Å². The molecule has 7 heteroatoms. The highest BCUT2D eigenvalue weighted by Crippen LogP contribution is 2.23. The third-order valence-corrected chi connectivity index (χ3v) is 3.10. The summed E-state index contributed by atoms with van der Waals surface area (Å²) in [6, 6.07) is 7.08. The molecule has 0 fully saturated rings. The van der Waals surface area contributed by atoms with Crippen molar-refractivity contribution in [1.82, 2.24) is 10.6 Å².